The Bertz CT molecular complexity index is 419. The lowest BCUT2D eigenvalue weighted by Crippen LogP contribution is -2.27. The summed E-state index contributed by atoms with van der Waals surface area (Å²) in [6, 6.07) is 6.71. The SMILES string of the molecule is COc1ccc(C)cc1C(C)NCC1CCN(C)C1. The summed E-state index contributed by atoms with van der Waals surface area (Å²) in [5.74, 6) is 1.76. The fraction of sp³-hybridized carbons (Fsp3) is 0.625. The van der Waals surface area contributed by atoms with Crippen molar-refractivity contribution in [3.05, 3.63) is 29.3 Å². The Labute approximate surface area is 116 Å². The van der Waals surface area contributed by atoms with E-state index in [0.717, 1.165) is 18.2 Å². The standard InChI is InChI=1S/C16H26N2O/c1-12-5-6-16(19-4)15(9-12)13(2)17-10-14-7-8-18(3)11-14/h5-6,9,13-14,17H,7-8,10-11H2,1-4H3. The number of hydrogen-bond acceptors (Lipinski definition) is 3. The Morgan fingerprint density at radius 2 is 2.26 bits per heavy atom. The number of nitrogens with zero attached hydrogens (tertiary/aromatic N) is 1. The Morgan fingerprint density at radius 3 is 2.89 bits per heavy atom. The number of hydrogen-bond donors (Lipinski definition) is 1. The second-order valence-electron chi connectivity index (χ2n) is 5.79. The highest BCUT2D eigenvalue weighted by atomic mass is 16.5. The lowest BCUT2D eigenvalue weighted by Gasteiger charge is -2.20. The van der Waals surface area contributed by atoms with Crippen LogP contribution in [0, 0.1) is 12.8 Å². The first-order valence-electron chi connectivity index (χ1n) is 7.16. The van der Waals surface area contributed by atoms with Gasteiger partial charge in [0.2, 0.25) is 0 Å². The second-order valence-corrected chi connectivity index (χ2v) is 5.79. The molecule has 3 heteroatoms. The fourth-order valence-electron chi connectivity index (χ4n) is 2.84. The van der Waals surface area contributed by atoms with Gasteiger partial charge in [0.05, 0.1) is 7.11 Å². The molecule has 1 N–H and O–H groups in total. The van der Waals surface area contributed by atoms with Crippen LogP contribution in [-0.2, 0) is 0 Å². The van der Waals surface area contributed by atoms with Crippen molar-refractivity contribution in [2.24, 2.45) is 5.92 Å². The molecular formula is C16H26N2O. The van der Waals surface area contributed by atoms with Crippen LogP contribution < -0.4 is 10.1 Å². The van der Waals surface area contributed by atoms with Crippen LogP contribution in [0.1, 0.15) is 30.5 Å². The first-order valence-corrected chi connectivity index (χ1v) is 7.16. The first-order chi connectivity index (χ1) is 9.10. The van der Waals surface area contributed by atoms with Crippen molar-refractivity contribution in [3.8, 4) is 5.75 Å². The molecule has 1 aromatic rings. The van der Waals surface area contributed by atoms with Gasteiger partial charge in [-0.2, -0.15) is 0 Å². The van der Waals surface area contributed by atoms with Crippen molar-refractivity contribution in [1.29, 1.82) is 0 Å². The maximum Gasteiger partial charge on any atom is 0.123 e. The zero-order chi connectivity index (χ0) is 13.8. The summed E-state index contributed by atoms with van der Waals surface area (Å²) in [6.07, 6.45) is 1.31. The lowest BCUT2D eigenvalue weighted by molar-refractivity contribution is 0.375. The number of benzene rings is 1. The van der Waals surface area contributed by atoms with Crippen LogP contribution in [-0.4, -0.2) is 38.7 Å². The highest BCUT2D eigenvalue weighted by Crippen LogP contribution is 2.26. The molecule has 1 heterocycles. The van der Waals surface area contributed by atoms with Crippen LogP contribution in [0.4, 0.5) is 0 Å². The monoisotopic (exact) mass is 262 g/mol. The van der Waals surface area contributed by atoms with Crippen LogP contribution in [0.3, 0.4) is 0 Å². The van der Waals surface area contributed by atoms with Gasteiger partial charge < -0.3 is 15.0 Å². The van der Waals surface area contributed by atoms with Gasteiger partial charge in [0.25, 0.3) is 0 Å². The Hall–Kier alpha value is -1.06. The van der Waals surface area contributed by atoms with Crippen molar-refractivity contribution >= 4 is 0 Å². The topological polar surface area (TPSA) is 24.5 Å². The molecule has 1 aliphatic heterocycles. The van der Waals surface area contributed by atoms with Gasteiger partial charge in [0.15, 0.2) is 0 Å². The van der Waals surface area contributed by atoms with E-state index in [1.807, 2.05) is 0 Å². The average Bonchev–Trinajstić information content (AvgIpc) is 2.81. The van der Waals surface area contributed by atoms with E-state index in [-0.39, 0.29) is 0 Å². The van der Waals surface area contributed by atoms with Gasteiger partial charge >= 0.3 is 0 Å². The van der Waals surface area contributed by atoms with Gasteiger partial charge in [-0.25, -0.2) is 0 Å². The van der Waals surface area contributed by atoms with E-state index in [2.05, 4.69) is 49.3 Å². The minimum absolute atomic E-state index is 0.334. The third-order valence-corrected chi connectivity index (χ3v) is 4.05. The van der Waals surface area contributed by atoms with Crippen molar-refractivity contribution in [2.75, 3.05) is 33.8 Å². The van der Waals surface area contributed by atoms with Gasteiger partial charge in [-0.05, 0) is 52.4 Å². The third-order valence-electron chi connectivity index (χ3n) is 4.05. The maximum absolute atomic E-state index is 5.46. The van der Waals surface area contributed by atoms with Crippen molar-refractivity contribution in [2.45, 2.75) is 26.3 Å². The summed E-state index contributed by atoms with van der Waals surface area (Å²) >= 11 is 0. The van der Waals surface area contributed by atoms with E-state index in [1.165, 1.54) is 30.6 Å². The smallest absolute Gasteiger partial charge is 0.123 e. The molecule has 0 saturated carbocycles. The number of methoxy groups -OCH3 is 1. The zero-order valence-electron chi connectivity index (χ0n) is 12.6. The van der Waals surface area contributed by atoms with E-state index >= 15 is 0 Å². The predicted octanol–water partition coefficient (Wildman–Crippen LogP) is 2.61. The quantitative estimate of drug-likeness (QED) is 0.883. The molecule has 3 nitrogen and oxygen atoms in total. The summed E-state index contributed by atoms with van der Waals surface area (Å²) in [6.45, 7) is 7.87. The second kappa shape index (κ2) is 6.40. The molecule has 19 heavy (non-hydrogen) atoms. The molecular weight excluding hydrogens is 236 g/mol. The van der Waals surface area contributed by atoms with Crippen LogP contribution in [0.2, 0.25) is 0 Å². The number of rotatable bonds is 5. The minimum Gasteiger partial charge on any atom is -0.496 e. The van der Waals surface area contributed by atoms with E-state index in [1.54, 1.807) is 7.11 Å². The van der Waals surface area contributed by atoms with Gasteiger partial charge in [-0.3, -0.25) is 0 Å². The summed E-state index contributed by atoms with van der Waals surface area (Å²) in [4.78, 5) is 2.41. The van der Waals surface area contributed by atoms with Crippen LogP contribution in [0.25, 0.3) is 0 Å². The molecule has 106 valence electrons. The van der Waals surface area contributed by atoms with E-state index in [0.29, 0.717) is 6.04 Å². The molecule has 0 aliphatic carbocycles. The molecule has 1 aliphatic rings. The number of likely N-dealkylation sites (tertiary alicyclic amines) is 1. The van der Waals surface area contributed by atoms with Crippen LogP contribution in [0.15, 0.2) is 18.2 Å². The highest BCUT2D eigenvalue weighted by molar-refractivity contribution is 5.38. The normalized spacial score (nSPS) is 21.6. The average molecular weight is 262 g/mol. The largest absolute Gasteiger partial charge is 0.496 e. The summed E-state index contributed by atoms with van der Waals surface area (Å²) in [7, 11) is 3.94. The van der Waals surface area contributed by atoms with Gasteiger partial charge in [-0.1, -0.05) is 17.7 Å². The van der Waals surface area contributed by atoms with Crippen LogP contribution >= 0.6 is 0 Å². The van der Waals surface area contributed by atoms with Gasteiger partial charge in [-0.15, -0.1) is 0 Å². The van der Waals surface area contributed by atoms with Gasteiger partial charge in [0.1, 0.15) is 5.75 Å². The van der Waals surface area contributed by atoms with Crippen molar-refractivity contribution in [1.82, 2.24) is 10.2 Å². The number of aryl methyl sites for hydroxylation is 1. The summed E-state index contributed by atoms with van der Waals surface area (Å²) < 4.78 is 5.46. The molecule has 1 fully saturated rings. The van der Waals surface area contributed by atoms with E-state index < -0.39 is 0 Å². The molecule has 1 saturated heterocycles. The lowest BCUT2D eigenvalue weighted by atomic mass is 10.0. The molecule has 1 aromatic carbocycles. The van der Waals surface area contributed by atoms with Crippen molar-refractivity contribution < 1.29 is 4.74 Å². The highest BCUT2D eigenvalue weighted by Gasteiger charge is 2.20. The molecule has 0 amide bonds. The molecule has 2 unspecified atom stereocenters. The summed E-state index contributed by atoms with van der Waals surface area (Å²) in [5.41, 5.74) is 2.54. The first kappa shape index (κ1) is 14.4. The van der Waals surface area contributed by atoms with Crippen LogP contribution in [0.5, 0.6) is 5.75 Å². The molecule has 2 atom stereocenters. The summed E-state index contributed by atoms with van der Waals surface area (Å²) in [5, 5.41) is 3.66. The number of nitrogens with one attached hydrogen (secondary N) is 1. The van der Waals surface area contributed by atoms with Gasteiger partial charge in [0, 0.05) is 18.2 Å². The Kier molecular flexibility index (Phi) is 4.83. The molecule has 0 bridgehead atoms. The van der Waals surface area contributed by atoms with Crippen molar-refractivity contribution in [3.63, 3.8) is 0 Å². The third kappa shape index (κ3) is 3.71. The molecule has 0 radical (unpaired) electrons. The Morgan fingerprint density at radius 1 is 1.47 bits per heavy atom. The molecule has 0 spiro atoms. The molecule has 0 aromatic heterocycles. The van der Waals surface area contributed by atoms with E-state index in [4.69, 9.17) is 4.74 Å². The van der Waals surface area contributed by atoms with E-state index in [9.17, 15) is 0 Å². The molecule has 2 rings (SSSR count). The fourth-order valence-corrected chi connectivity index (χ4v) is 2.84. The zero-order valence-corrected chi connectivity index (χ0v) is 12.6. The number of ether oxygens (including phenoxy) is 1. The minimum atomic E-state index is 0.334. The maximum atomic E-state index is 5.46. The predicted molar refractivity (Wildman–Crippen MR) is 79.8 cm³/mol. The Balaban J connectivity index is 1.95.